The molecule has 1 fully saturated rings. The third kappa shape index (κ3) is 10.6. The zero-order valence-electron chi connectivity index (χ0n) is 36.4. The van der Waals surface area contributed by atoms with Crippen LogP contribution in [0.2, 0.25) is 5.02 Å². The van der Waals surface area contributed by atoms with Gasteiger partial charge in [0.25, 0.3) is 5.92 Å². The topological polar surface area (TPSA) is 210 Å². The van der Waals surface area contributed by atoms with Crippen LogP contribution in [0.1, 0.15) is 66.1 Å². The van der Waals surface area contributed by atoms with Gasteiger partial charge >= 0.3 is 12.4 Å². The normalized spacial score (nSPS) is 17.3. The number of aromatic nitrogens is 5. The molecule has 4 atom stereocenters. The summed E-state index contributed by atoms with van der Waals surface area (Å²) in [6.45, 7) is -1.96. The molecule has 0 bridgehead atoms. The Bertz CT molecular complexity index is 3110. The summed E-state index contributed by atoms with van der Waals surface area (Å²) >= 11 is 3.17. The van der Waals surface area contributed by atoms with Gasteiger partial charge < -0.3 is 20.9 Å². The molecule has 3 aromatic heterocycles. The van der Waals surface area contributed by atoms with E-state index in [1.807, 2.05) is 0 Å². The van der Waals surface area contributed by atoms with Crippen molar-refractivity contribution < 1.29 is 70.7 Å². The van der Waals surface area contributed by atoms with Crippen LogP contribution in [-0.4, -0.2) is 90.4 Å². The van der Waals surface area contributed by atoms with Crippen molar-refractivity contribution in [3.05, 3.63) is 93.0 Å². The monoisotopic (exact) mass is 1050 g/mol. The van der Waals surface area contributed by atoms with Gasteiger partial charge in [0.15, 0.2) is 21.3 Å². The molecule has 0 radical (unpaired) electrons. The number of sulfone groups is 1. The molecule has 1 saturated carbocycles. The summed E-state index contributed by atoms with van der Waals surface area (Å²) in [7, 11) is -3.89. The van der Waals surface area contributed by atoms with Crippen molar-refractivity contribution in [1.29, 1.82) is 0 Å². The minimum atomic E-state index is -5.21. The van der Waals surface area contributed by atoms with Crippen LogP contribution in [0.4, 0.5) is 49.7 Å². The SMILES string of the molecule is CC(C)(C#Cc1ccc(-c2ccc(Cl)c3c(N(CC(=O)NCCN)S(=O)[O-])nn(CC(F)(F)F)c23)c(C(Cc2cc(F)cc(F)c2)NC(=O)Cn2nc(C(F)(F)F)c3c2C(F)(F)[C@@H]2C[C@H]32)n1)S(C)(=O)=O. The number of alkyl halides is 8. The van der Waals surface area contributed by atoms with Crippen LogP contribution < -0.4 is 20.7 Å². The maximum absolute atomic E-state index is 15.5. The lowest BCUT2D eigenvalue weighted by Gasteiger charge is -2.24. The number of nitrogens with one attached hydrogen (secondary N) is 2. The number of hydrogen-bond acceptors (Lipinski definition) is 10. The van der Waals surface area contributed by atoms with Crippen LogP contribution in [-0.2, 0) is 62.3 Å². The van der Waals surface area contributed by atoms with E-state index in [9.17, 15) is 61.9 Å². The van der Waals surface area contributed by atoms with E-state index in [0.717, 1.165) is 36.6 Å². The van der Waals surface area contributed by atoms with Gasteiger partial charge in [-0.15, -0.1) is 0 Å². The van der Waals surface area contributed by atoms with Crippen molar-refractivity contribution in [3.63, 3.8) is 0 Å². The first-order valence-electron chi connectivity index (χ1n) is 20.6. The number of fused-ring (bicyclic) bond motifs is 4. The van der Waals surface area contributed by atoms with Crippen LogP contribution in [0.3, 0.4) is 0 Å². The molecule has 7 rings (SSSR count). The summed E-state index contributed by atoms with van der Waals surface area (Å²) in [5.41, 5.74) is -0.232. The van der Waals surface area contributed by atoms with Crippen molar-refractivity contribution >= 4 is 61.2 Å². The van der Waals surface area contributed by atoms with Gasteiger partial charge in [-0.1, -0.05) is 23.6 Å². The van der Waals surface area contributed by atoms with Crippen LogP contribution in [0.15, 0.2) is 42.5 Å². The highest BCUT2D eigenvalue weighted by Crippen LogP contribution is 2.68. The fourth-order valence-corrected chi connectivity index (χ4v) is 8.99. The van der Waals surface area contributed by atoms with Gasteiger partial charge in [-0.2, -0.15) is 45.3 Å². The fraction of sp³-hybridized carbons (Fsp3) is 0.405. The number of hydrogen-bond donors (Lipinski definition) is 3. The van der Waals surface area contributed by atoms with Crippen LogP contribution in [0.25, 0.3) is 22.0 Å². The quantitative estimate of drug-likeness (QED) is 0.0636. The first-order valence-corrected chi connectivity index (χ1v) is 23.9. The average Bonchev–Trinajstić information content (AvgIpc) is 3.74. The summed E-state index contributed by atoms with van der Waals surface area (Å²) in [6.07, 6.45) is -10.4. The average molecular weight is 1050 g/mol. The third-order valence-electron chi connectivity index (χ3n) is 11.5. The Labute approximate surface area is 398 Å². The molecule has 2 aliphatic rings. The Morgan fingerprint density at radius 2 is 1.69 bits per heavy atom. The van der Waals surface area contributed by atoms with Crippen LogP contribution in [0, 0.1) is 29.4 Å². The number of carbonyl (C=O) groups excluding carboxylic acids is 2. The van der Waals surface area contributed by atoms with Crippen LogP contribution in [0.5, 0.6) is 0 Å². The Kier molecular flexibility index (Phi) is 13.9. The standard InChI is InChI=1S/C42H38ClF10N9O6S2/c1-39(2,70(3,67)68)9-8-23-4-5-24(25-6-7-28(43)33-35(25)61(19-40(46,47)48)59-38(33)62(69(65)66)18-30(63)55-11-10-54)34(56-23)29(14-20-12-21(44)15-22(45)13-20)57-31(64)17-60-37-32(36(58-60)42(51,52)53)26-16-27(26)41(37,49)50/h4-7,12-13,15,26-27,29H,10-11,14,16-19,54H2,1-3H3,(H,55,63)(H,57,64)(H,65,66)/p-1/t26-,27+,29?/m0/s1. The zero-order valence-corrected chi connectivity index (χ0v) is 38.8. The number of carbonyl (C=O) groups is 2. The molecule has 2 amide bonds. The Morgan fingerprint density at radius 1 is 1.03 bits per heavy atom. The first kappa shape index (κ1) is 52.0. The third-order valence-corrected chi connectivity index (χ3v) is 14.4. The largest absolute Gasteiger partial charge is 0.755 e. The summed E-state index contributed by atoms with van der Waals surface area (Å²) in [6, 6.07) is 4.92. The molecule has 5 aromatic rings. The highest BCUT2D eigenvalue weighted by atomic mass is 35.5. The molecule has 28 heteroatoms. The molecule has 15 nitrogen and oxygen atoms in total. The molecule has 4 N–H and O–H groups in total. The van der Waals surface area contributed by atoms with Crippen molar-refractivity contribution in [1.82, 2.24) is 35.2 Å². The minimum Gasteiger partial charge on any atom is -0.755 e. The fourth-order valence-electron chi connectivity index (χ4n) is 8.03. The predicted molar refractivity (Wildman–Crippen MR) is 231 cm³/mol. The second-order valence-corrected chi connectivity index (χ2v) is 20.8. The lowest BCUT2D eigenvalue weighted by Crippen LogP contribution is -2.40. The van der Waals surface area contributed by atoms with Crippen molar-refractivity contribution in [2.24, 2.45) is 11.7 Å². The summed E-state index contributed by atoms with van der Waals surface area (Å²) in [4.78, 5) is 31.4. The van der Waals surface area contributed by atoms with Gasteiger partial charge in [0.1, 0.15) is 47.4 Å². The smallest absolute Gasteiger partial charge is 0.435 e. The maximum atomic E-state index is 15.5. The highest BCUT2D eigenvalue weighted by Gasteiger charge is 2.68. The van der Waals surface area contributed by atoms with E-state index in [4.69, 9.17) is 17.3 Å². The molecule has 70 heavy (non-hydrogen) atoms. The summed E-state index contributed by atoms with van der Waals surface area (Å²) < 4.78 is 196. The second kappa shape index (κ2) is 18.7. The number of anilines is 1. The Balaban J connectivity index is 1.46. The van der Waals surface area contributed by atoms with Gasteiger partial charge in [0, 0.05) is 59.3 Å². The van der Waals surface area contributed by atoms with E-state index in [0.29, 0.717) is 15.1 Å². The molecule has 3 heterocycles. The van der Waals surface area contributed by atoms with Gasteiger partial charge in [-0.25, -0.2) is 22.2 Å². The lowest BCUT2D eigenvalue weighted by molar-refractivity contribution is -0.143. The predicted octanol–water partition coefficient (Wildman–Crippen LogP) is 5.97. The van der Waals surface area contributed by atoms with Gasteiger partial charge in [0.05, 0.1) is 27.7 Å². The molecule has 2 aromatic carbocycles. The van der Waals surface area contributed by atoms with Crippen molar-refractivity contribution in [2.75, 3.05) is 30.2 Å². The minimum absolute atomic E-state index is 0.0721. The summed E-state index contributed by atoms with van der Waals surface area (Å²) in [5, 5.41) is 11.2. The van der Waals surface area contributed by atoms with E-state index in [1.54, 1.807) is 0 Å². The number of amides is 2. The first-order chi connectivity index (χ1) is 32.4. The maximum Gasteiger partial charge on any atom is 0.435 e. The van der Waals surface area contributed by atoms with Gasteiger partial charge in [-0.05, 0) is 74.4 Å². The van der Waals surface area contributed by atoms with E-state index in [-0.39, 0.29) is 46.6 Å². The summed E-state index contributed by atoms with van der Waals surface area (Å²) in [5.74, 6) is -6.72. The van der Waals surface area contributed by atoms with Gasteiger partial charge in [0.2, 0.25) is 11.8 Å². The van der Waals surface area contributed by atoms with Crippen molar-refractivity contribution in [2.45, 2.75) is 74.8 Å². The zero-order chi connectivity index (χ0) is 51.6. The van der Waals surface area contributed by atoms with Gasteiger partial charge in [-0.3, -0.25) is 27.5 Å². The number of nitrogens with two attached hydrogens (primary N) is 1. The molecule has 376 valence electrons. The molecular formula is C42H37ClF10N9O6S2-. The number of pyridine rings is 1. The number of nitrogens with zero attached hydrogens (tertiary/aromatic N) is 6. The van der Waals surface area contributed by atoms with E-state index >= 15 is 8.78 Å². The second-order valence-electron chi connectivity index (χ2n) is 16.9. The van der Waals surface area contributed by atoms with Crippen molar-refractivity contribution in [3.8, 4) is 23.0 Å². The Morgan fingerprint density at radius 3 is 2.29 bits per heavy atom. The molecule has 2 aliphatic carbocycles. The van der Waals surface area contributed by atoms with E-state index in [2.05, 4.69) is 37.7 Å². The molecule has 2 unspecified atom stereocenters. The molecule has 0 spiro atoms. The molecule has 0 saturated heterocycles. The van der Waals surface area contributed by atoms with E-state index < -0.39 is 156 Å². The number of halogens is 11. The number of benzene rings is 2. The van der Waals surface area contributed by atoms with E-state index in [1.165, 1.54) is 19.9 Å². The molecule has 0 aliphatic heterocycles. The molecular weight excluding hydrogens is 1020 g/mol. The lowest BCUT2D eigenvalue weighted by atomic mass is 9.93. The van der Waals surface area contributed by atoms with Crippen LogP contribution >= 0.6 is 11.6 Å². The number of rotatable bonds is 15. The Hall–Kier alpha value is -5.82. The highest BCUT2D eigenvalue weighted by molar-refractivity contribution is 7.92.